The Morgan fingerprint density at radius 1 is 1.47 bits per heavy atom. The lowest BCUT2D eigenvalue weighted by molar-refractivity contribution is 0.100. The Bertz CT molecular complexity index is 598. The van der Waals surface area contributed by atoms with E-state index in [2.05, 4.69) is 5.32 Å². The van der Waals surface area contributed by atoms with Gasteiger partial charge in [0, 0.05) is 22.9 Å². The Labute approximate surface area is 114 Å². The van der Waals surface area contributed by atoms with Crippen molar-refractivity contribution in [3.63, 3.8) is 0 Å². The predicted octanol–water partition coefficient (Wildman–Crippen LogP) is 2.61. The smallest absolute Gasteiger partial charge is 0.249 e. The number of primary amides is 1. The van der Waals surface area contributed by atoms with Crippen LogP contribution in [0.3, 0.4) is 0 Å². The van der Waals surface area contributed by atoms with Crippen molar-refractivity contribution in [1.29, 1.82) is 0 Å². The van der Waals surface area contributed by atoms with Crippen molar-refractivity contribution in [3.8, 4) is 5.75 Å². The van der Waals surface area contributed by atoms with Gasteiger partial charge in [0.05, 0.1) is 18.4 Å². The van der Waals surface area contributed by atoms with Gasteiger partial charge in [-0.25, -0.2) is 4.39 Å². The summed E-state index contributed by atoms with van der Waals surface area (Å²) in [5.41, 5.74) is 6.37. The summed E-state index contributed by atoms with van der Waals surface area (Å²) < 4.78 is 18.1. The third kappa shape index (κ3) is 3.23. The molecule has 100 valence electrons. The topological polar surface area (TPSA) is 64.3 Å². The maximum atomic E-state index is 13.0. The number of nitrogens with one attached hydrogen (secondary N) is 1. The van der Waals surface area contributed by atoms with E-state index in [1.165, 1.54) is 30.6 Å². The molecule has 0 aliphatic rings. The minimum absolute atomic E-state index is 0.352. The summed E-state index contributed by atoms with van der Waals surface area (Å²) >= 11 is 1.44. The van der Waals surface area contributed by atoms with Gasteiger partial charge < -0.3 is 15.8 Å². The number of hydrogen-bond donors (Lipinski definition) is 2. The second kappa shape index (κ2) is 5.71. The van der Waals surface area contributed by atoms with Gasteiger partial charge in [0.1, 0.15) is 11.6 Å². The first-order valence-corrected chi connectivity index (χ1v) is 6.42. The van der Waals surface area contributed by atoms with Crippen LogP contribution in [0.25, 0.3) is 0 Å². The Balaban J connectivity index is 2.07. The van der Waals surface area contributed by atoms with Crippen molar-refractivity contribution >= 4 is 22.9 Å². The SMILES string of the molecule is COc1cc(F)ccc1NCc1cc(C(N)=O)cs1. The third-order valence-electron chi connectivity index (χ3n) is 2.55. The molecule has 0 spiro atoms. The zero-order valence-electron chi connectivity index (χ0n) is 10.3. The Morgan fingerprint density at radius 2 is 2.26 bits per heavy atom. The Morgan fingerprint density at radius 3 is 2.89 bits per heavy atom. The molecule has 0 aliphatic carbocycles. The van der Waals surface area contributed by atoms with Crippen molar-refractivity contribution in [2.75, 3.05) is 12.4 Å². The van der Waals surface area contributed by atoms with Gasteiger partial charge in [0.15, 0.2) is 0 Å². The van der Waals surface area contributed by atoms with E-state index in [4.69, 9.17) is 10.5 Å². The second-order valence-electron chi connectivity index (χ2n) is 3.86. The van der Waals surface area contributed by atoms with Crippen LogP contribution in [0.4, 0.5) is 10.1 Å². The Hall–Kier alpha value is -2.08. The molecule has 0 bridgehead atoms. The number of nitrogens with two attached hydrogens (primary N) is 1. The van der Waals surface area contributed by atoms with E-state index in [9.17, 15) is 9.18 Å². The average molecular weight is 280 g/mol. The van der Waals surface area contributed by atoms with Crippen molar-refractivity contribution < 1.29 is 13.9 Å². The standard InChI is InChI=1S/C13H13FN2O2S/c1-18-12-5-9(14)2-3-11(12)16-6-10-4-8(7-19-10)13(15)17/h2-5,7,16H,6H2,1H3,(H2,15,17). The Kier molecular flexibility index (Phi) is 4.01. The number of carbonyl (C=O) groups excluding carboxylic acids is 1. The molecule has 0 radical (unpaired) electrons. The number of anilines is 1. The van der Waals surface area contributed by atoms with Crippen molar-refractivity contribution in [2.24, 2.45) is 5.73 Å². The van der Waals surface area contributed by atoms with Gasteiger partial charge in [0.2, 0.25) is 5.91 Å². The fraction of sp³-hybridized carbons (Fsp3) is 0.154. The zero-order valence-corrected chi connectivity index (χ0v) is 11.1. The van der Waals surface area contributed by atoms with Crippen LogP contribution >= 0.6 is 11.3 Å². The van der Waals surface area contributed by atoms with Gasteiger partial charge in [-0.05, 0) is 18.2 Å². The van der Waals surface area contributed by atoms with Crippen LogP contribution in [0, 0.1) is 5.82 Å². The molecule has 2 rings (SSSR count). The number of hydrogen-bond acceptors (Lipinski definition) is 4. The van der Waals surface area contributed by atoms with Crippen LogP contribution < -0.4 is 15.8 Å². The highest BCUT2D eigenvalue weighted by atomic mass is 32.1. The molecule has 3 N–H and O–H groups in total. The number of benzene rings is 1. The summed E-state index contributed by atoms with van der Waals surface area (Å²) in [6.45, 7) is 0.514. The van der Waals surface area contributed by atoms with Gasteiger partial charge in [-0.15, -0.1) is 11.3 Å². The fourth-order valence-electron chi connectivity index (χ4n) is 1.60. The van der Waals surface area contributed by atoms with E-state index < -0.39 is 5.91 Å². The lowest BCUT2D eigenvalue weighted by atomic mass is 10.2. The van der Waals surface area contributed by atoms with Crippen molar-refractivity contribution in [2.45, 2.75) is 6.54 Å². The third-order valence-corrected chi connectivity index (χ3v) is 3.49. The number of ether oxygens (including phenoxy) is 1. The van der Waals surface area contributed by atoms with Crippen LogP contribution in [0.15, 0.2) is 29.6 Å². The average Bonchev–Trinajstić information content (AvgIpc) is 2.86. The normalized spacial score (nSPS) is 10.2. The number of carbonyl (C=O) groups is 1. The summed E-state index contributed by atoms with van der Waals surface area (Å²) in [5.74, 6) is -0.358. The molecule has 1 heterocycles. The highest BCUT2D eigenvalue weighted by Gasteiger charge is 2.07. The summed E-state index contributed by atoms with van der Waals surface area (Å²) in [7, 11) is 1.48. The summed E-state index contributed by atoms with van der Waals surface area (Å²) in [5, 5.41) is 4.84. The molecule has 19 heavy (non-hydrogen) atoms. The van der Waals surface area contributed by atoms with Crippen LogP contribution in [0.2, 0.25) is 0 Å². The summed E-state index contributed by atoms with van der Waals surface area (Å²) in [4.78, 5) is 11.9. The molecule has 0 saturated carbocycles. The first-order chi connectivity index (χ1) is 9.10. The first-order valence-electron chi connectivity index (χ1n) is 5.55. The number of thiophene rings is 1. The molecule has 6 heteroatoms. The molecule has 0 unspecified atom stereocenters. The van der Waals surface area contributed by atoms with Crippen LogP contribution in [0.1, 0.15) is 15.2 Å². The molecular formula is C13H13FN2O2S. The molecule has 2 aromatic rings. The van der Waals surface area contributed by atoms with Gasteiger partial charge in [0.25, 0.3) is 0 Å². The highest BCUT2D eigenvalue weighted by Crippen LogP contribution is 2.26. The fourth-order valence-corrected chi connectivity index (χ4v) is 2.41. The molecule has 0 fully saturated rings. The van der Waals surface area contributed by atoms with E-state index in [-0.39, 0.29) is 5.82 Å². The molecule has 1 aromatic carbocycles. The monoisotopic (exact) mass is 280 g/mol. The summed E-state index contributed by atoms with van der Waals surface area (Å²) in [6.07, 6.45) is 0. The number of methoxy groups -OCH3 is 1. The molecule has 4 nitrogen and oxygen atoms in total. The van der Waals surface area contributed by atoms with Gasteiger partial charge in [-0.3, -0.25) is 4.79 Å². The maximum absolute atomic E-state index is 13.0. The van der Waals surface area contributed by atoms with Crippen molar-refractivity contribution in [3.05, 3.63) is 45.9 Å². The molecular weight excluding hydrogens is 267 g/mol. The van der Waals surface area contributed by atoms with E-state index in [1.54, 1.807) is 17.5 Å². The van der Waals surface area contributed by atoms with E-state index in [0.717, 1.165) is 4.88 Å². The highest BCUT2D eigenvalue weighted by molar-refractivity contribution is 7.10. The zero-order chi connectivity index (χ0) is 13.8. The first kappa shape index (κ1) is 13.4. The van der Waals surface area contributed by atoms with E-state index in [1.807, 2.05) is 0 Å². The largest absolute Gasteiger partial charge is 0.494 e. The molecule has 0 aliphatic heterocycles. The minimum Gasteiger partial charge on any atom is -0.494 e. The number of rotatable bonds is 5. The number of amides is 1. The van der Waals surface area contributed by atoms with E-state index >= 15 is 0 Å². The second-order valence-corrected chi connectivity index (χ2v) is 4.86. The van der Waals surface area contributed by atoms with Crippen LogP contribution in [-0.4, -0.2) is 13.0 Å². The minimum atomic E-state index is -0.443. The number of halogens is 1. The van der Waals surface area contributed by atoms with Gasteiger partial charge in [-0.2, -0.15) is 0 Å². The van der Waals surface area contributed by atoms with Crippen molar-refractivity contribution in [1.82, 2.24) is 0 Å². The maximum Gasteiger partial charge on any atom is 0.249 e. The quantitative estimate of drug-likeness (QED) is 0.885. The predicted molar refractivity (Wildman–Crippen MR) is 73.1 cm³/mol. The molecule has 1 aromatic heterocycles. The van der Waals surface area contributed by atoms with Crippen LogP contribution in [-0.2, 0) is 6.54 Å². The van der Waals surface area contributed by atoms with Gasteiger partial charge in [-0.1, -0.05) is 0 Å². The van der Waals surface area contributed by atoms with E-state index in [0.29, 0.717) is 23.5 Å². The molecule has 0 saturated heterocycles. The van der Waals surface area contributed by atoms with Gasteiger partial charge >= 0.3 is 0 Å². The molecule has 1 amide bonds. The summed E-state index contributed by atoms with van der Waals surface area (Å²) in [6, 6.07) is 6.01. The molecule has 0 atom stereocenters. The van der Waals surface area contributed by atoms with Crippen LogP contribution in [0.5, 0.6) is 5.75 Å². The lowest BCUT2D eigenvalue weighted by Gasteiger charge is -2.10. The lowest BCUT2D eigenvalue weighted by Crippen LogP contribution is -2.09.